The summed E-state index contributed by atoms with van der Waals surface area (Å²) in [5.74, 6) is 0.399. The van der Waals surface area contributed by atoms with Crippen molar-refractivity contribution in [1.82, 2.24) is 0 Å². The molecule has 2 rings (SSSR count). The zero-order valence-electron chi connectivity index (χ0n) is 16.9. The van der Waals surface area contributed by atoms with Gasteiger partial charge in [0, 0.05) is 18.8 Å². The van der Waals surface area contributed by atoms with Crippen LogP contribution in [0.1, 0.15) is 37.9 Å². The van der Waals surface area contributed by atoms with Crippen molar-refractivity contribution in [3.63, 3.8) is 0 Å². The Morgan fingerprint density at radius 3 is 2.36 bits per heavy atom. The maximum atomic E-state index is 12.5. The van der Waals surface area contributed by atoms with E-state index in [2.05, 4.69) is 30.1 Å². The van der Waals surface area contributed by atoms with Gasteiger partial charge >= 0.3 is 5.97 Å². The molecule has 0 fully saturated rings. The van der Waals surface area contributed by atoms with Crippen LogP contribution in [-0.2, 0) is 9.53 Å². The number of hydrogen-bond donors (Lipinski definition) is 1. The summed E-state index contributed by atoms with van der Waals surface area (Å²) in [4.78, 5) is 14.7. The third kappa shape index (κ3) is 4.95. The number of methoxy groups -OCH3 is 1. The van der Waals surface area contributed by atoms with E-state index in [-0.39, 0.29) is 5.97 Å². The number of carbonyl (C=O) groups excluding carboxylic acids is 1. The van der Waals surface area contributed by atoms with Gasteiger partial charge < -0.3 is 19.7 Å². The largest absolute Gasteiger partial charge is 0.492 e. The van der Waals surface area contributed by atoms with Crippen molar-refractivity contribution in [2.24, 2.45) is 0 Å². The minimum atomic E-state index is -0.678. The monoisotopic (exact) mass is 381 g/mol. The van der Waals surface area contributed by atoms with Crippen molar-refractivity contribution in [2.45, 2.75) is 26.8 Å². The minimum Gasteiger partial charge on any atom is -0.492 e. The van der Waals surface area contributed by atoms with Gasteiger partial charge in [0.05, 0.1) is 31.0 Å². The quantitative estimate of drug-likeness (QED) is 0.658. The van der Waals surface area contributed by atoms with Gasteiger partial charge in [-0.1, -0.05) is 6.07 Å². The molecule has 148 valence electrons. The molecule has 0 aromatic heterocycles. The summed E-state index contributed by atoms with van der Waals surface area (Å²) in [6.45, 7) is 8.33. The van der Waals surface area contributed by atoms with E-state index in [1.54, 1.807) is 24.3 Å². The number of benzene rings is 2. The van der Waals surface area contributed by atoms with Crippen molar-refractivity contribution in [1.29, 1.82) is 5.26 Å². The average molecular weight is 381 g/mol. The van der Waals surface area contributed by atoms with E-state index < -0.39 is 6.04 Å². The number of hydrogen-bond acceptors (Lipinski definition) is 6. The molecule has 0 saturated heterocycles. The van der Waals surface area contributed by atoms with Gasteiger partial charge in [-0.2, -0.15) is 5.26 Å². The van der Waals surface area contributed by atoms with Crippen molar-refractivity contribution in [2.75, 3.05) is 37.0 Å². The van der Waals surface area contributed by atoms with Crippen LogP contribution in [0.4, 0.5) is 11.4 Å². The number of esters is 1. The highest BCUT2D eigenvalue weighted by Gasteiger charge is 2.23. The van der Waals surface area contributed by atoms with Crippen LogP contribution in [0.15, 0.2) is 42.5 Å². The third-order valence-corrected chi connectivity index (χ3v) is 4.48. The lowest BCUT2D eigenvalue weighted by atomic mass is 10.0. The average Bonchev–Trinajstić information content (AvgIpc) is 2.74. The van der Waals surface area contributed by atoms with E-state index in [0.717, 1.165) is 35.8 Å². The van der Waals surface area contributed by atoms with E-state index >= 15 is 0 Å². The highest BCUT2D eigenvalue weighted by Crippen LogP contribution is 2.33. The van der Waals surface area contributed by atoms with Gasteiger partial charge in [-0.3, -0.25) is 0 Å². The number of ether oxygens (including phenoxy) is 2. The molecule has 0 spiro atoms. The summed E-state index contributed by atoms with van der Waals surface area (Å²) in [5.41, 5.74) is 3.01. The predicted octanol–water partition coefficient (Wildman–Crippen LogP) is 4.13. The maximum absolute atomic E-state index is 12.5. The van der Waals surface area contributed by atoms with Crippen LogP contribution in [-0.4, -0.2) is 32.8 Å². The third-order valence-electron chi connectivity index (χ3n) is 4.48. The molecule has 0 amide bonds. The molecule has 0 radical (unpaired) electrons. The molecule has 1 atom stereocenters. The number of rotatable bonds is 9. The molecule has 6 nitrogen and oxygen atoms in total. The van der Waals surface area contributed by atoms with Gasteiger partial charge in [-0.05, 0) is 62.7 Å². The summed E-state index contributed by atoms with van der Waals surface area (Å²) in [6, 6.07) is 14.1. The minimum absolute atomic E-state index is 0.390. The molecule has 0 aliphatic heterocycles. The molecule has 0 heterocycles. The summed E-state index contributed by atoms with van der Waals surface area (Å²) in [6.07, 6.45) is 0. The van der Waals surface area contributed by atoms with Crippen molar-refractivity contribution in [3.8, 4) is 11.8 Å². The lowest BCUT2D eigenvalue weighted by Crippen LogP contribution is -2.25. The molecule has 1 unspecified atom stereocenters. The lowest BCUT2D eigenvalue weighted by Gasteiger charge is -2.26. The zero-order valence-corrected chi connectivity index (χ0v) is 16.9. The molecular weight excluding hydrogens is 354 g/mol. The fourth-order valence-corrected chi connectivity index (χ4v) is 3.01. The van der Waals surface area contributed by atoms with Gasteiger partial charge in [-0.25, -0.2) is 4.79 Å². The molecule has 0 aliphatic carbocycles. The molecule has 28 heavy (non-hydrogen) atoms. The molecule has 2 aromatic carbocycles. The number of nitriles is 1. The Labute approximate surface area is 166 Å². The SMILES string of the molecule is CCOc1ccc(C(Nc2ccc(C#N)cc2)C(=O)OC)cc1N(CC)CC. The zero-order chi connectivity index (χ0) is 20.5. The van der Waals surface area contributed by atoms with E-state index in [9.17, 15) is 4.79 Å². The molecule has 1 N–H and O–H groups in total. The Kier molecular flexibility index (Phi) is 7.70. The first kappa shape index (κ1) is 21.1. The first-order valence-corrected chi connectivity index (χ1v) is 9.44. The summed E-state index contributed by atoms with van der Waals surface area (Å²) >= 11 is 0. The van der Waals surface area contributed by atoms with E-state index in [0.29, 0.717) is 12.2 Å². The second-order valence-electron chi connectivity index (χ2n) is 6.12. The Hall–Kier alpha value is -3.20. The molecule has 0 bridgehead atoms. The van der Waals surface area contributed by atoms with E-state index in [1.165, 1.54) is 7.11 Å². The van der Waals surface area contributed by atoms with Crippen LogP contribution >= 0.6 is 0 Å². The van der Waals surface area contributed by atoms with E-state index in [4.69, 9.17) is 14.7 Å². The van der Waals surface area contributed by atoms with Crippen LogP contribution in [0, 0.1) is 11.3 Å². The Morgan fingerprint density at radius 2 is 1.82 bits per heavy atom. The first-order chi connectivity index (χ1) is 13.6. The van der Waals surface area contributed by atoms with Crippen LogP contribution in [0.3, 0.4) is 0 Å². The first-order valence-electron chi connectivity index (χ1n) is 9.44. The highest BCUT2D eigenvalue weighted by atomic mass is 16.5. The van der Waals surface area contributed by atoms with E-state index in [1.807, 2.05) is 25.1 Å². The van der Waals surface area contributed by atoms with Crippen molar-refractivity contribution in [3.05, 3.63) is 53.6 Å². The fourth-order valence-electron chi connectivity index (χ4n) is 3.01. The fraction of sp³-hybridized carbons (Fsp3) is 0.364. The number of nitrogens with zero attached hydrogens (tertiary/aromatic N) is 2. The number of carbonyl (C=O) groups is 1. The van der Waals surface area contributed by atoms with Crippen LogP contribution in [0.5, 0.6) is 5.75 Å². The molecule has 2 aromatic rings. The Morgan fingerprint density at radius 1 is 1.14 bits per heavy atom. The molecule has 0 saturated carbocycles. The van der Waals surface area contributed by atoms with Crippen molar-refractivity contribution < 1.29 is 14.3 Å². The molecule has 6 heteroatoms. The van der Waals surface area contributed by atoms with Gasteiger partial charge in [0.15, 0.2) is 6.04 Å². The number of anilines is 2. The Bertz CT molecular complexity index is 824. The predicted molar refractivity (Wildman–Crippen MR) is 111 cm³/mol. The summed E-state index contributed by atoms with van der Waals surface area (Å²) in [5, 5.41) is 12.2. The lowest BCUT2D eigenvalue weighted by molar-refractivity contribution is -0.141. The number of nitrogens with one attached hydrogen (secondary N) is 1. The summed E-state index contributed by atoms with van der Waals surface area (Å²) in [7, 11) is 1.37. The second-order valence-corrected chi connectivity index (χ2v) is 6.12. The topological polar surface area (TPSA) is 74.6 Å². The molecular formula is C22H27N3O3. The van der Waals surface area contributed by atoms with Crippen LogP contribution < -0.4 is 15.0 Å². The maximum Gasteiger partial charge on any atom is 0.332 e. The van der Waals surface area contributed by atoms with Crippen LogP contribution in [0.25, 0.3) is 0 Å². The smallest absolute Gasteiger partial charge is 0.332 e. The van der Waals surface area contributed by atoms with Gasteiger partial charge in [-0.15, -0.1) is 0 Å². The standard InChI is InChI=1S/C22H27N3O3/c1-5-25(6-2)19-14-17(10-13-20(19)28-7-3)21(22(26)27-4)24-18-11-8-16(15-23)9-12-18/h8-14,21,24H,5-7H2,1-4H3. The normalized spacial score (nSPS) is 11.2. The van der Waals surface area contributed by atoms with Gasteiger partial charge in [0.1, 0.15) is 5.75 Å². The Balaban J connectivity index is 2.43. The second kappa shape index (κ2) is 10.2. The highest BCUT2D eigenvalue weighted by molar-refractivity contribution is 5.82. The van der Waals surface area contributed by atoms with Crippen molar-refractivity contribution >= 4 is 17.3 Å². The summed E-state index contributed by atoms with van der Waals surface area (Å²) < 4.78 is 10.8. The van der Waals surface area contributed by atoms with Gasteiger partial charge in [0.2, 0.25) is 0 Å². The van der Waals surface area contributed by atoms with Gasteiger partial charge in [0.25, 0.3) is 0 Å². The molecule has 0 aliphatic rings. The van der Waals surface area contributed by atoms with Crippen LogP contribution in [0.2, 0.25) is 0 Å².